The summed E-state index contributed by atoms with van der Waals surface area (Å²) in [6, 6.07) is 12.0. The maximum atomic E-state index is 14.9. The molecule has 0 amide bonds. The third kappa shape index (κ3) is 4.08. The molecule has 3 nitrogen and oxygen atoms in total. The van der Waals surface area contributed by atoms with Crippen LogP contribution in [0, 0.1) is 29.2 Å². The summed E-state index contributed by atoms with van der Waals surface area (Å²) in [6.07, 6.45) is 0.300. The van der Waals surface area contributed by atoms with Crippen molar-refractivity contribution in [1.82, 2.24) is 0 Å². The van der Waals surface area contributed by atoms with Crippen LogP contribution in [0.2, 0.25) is 0 Å². The first kappa shape index (κ1) is 21.8. The predicted octanol–water partition coefficient (Wildman–Crippen LogP) is 6.50. The smallest absolute Gasteiger partial charge is 0.186 e. The fourth-order valence-electron chi connectivity index (χ4n) is 3.90. The van der Waals surface area contributed by atoms with Gasteiger partial charge in [-0.05, 0) is 11.1 Å². The molecule has 170 valence electrons. The number of rotatable bonds is 5. The highest BCUT2D eigenvalue weighted by Gasteiger charge is 2.30. The Balaban J connectivity index is 1.40. The third-order valence-electron chi connectivity index (χ3n) is 5.92. The largest absolute Gasteiger partial charge is 0.368 e. The van der Waals surface area contributed by atoms with E-state index in [2.05, 4.69) is 6.58 Å². The first-order valence-electron chi connectivity index (χ1n) is 10.5. The van der Waals surface area contributed by atoms with E-state index in [1.807, 2.05) is 0 Å². The molecule has 0 saturated carbocycles. The summed E-state index contributed by atoms with van der Waals surface area (Å²) in [7, 11) is 0. The van der Waals surface area contributed by atoms with Crippen molar-refractivity contribution >= 4 is 0 Å². The molecule has 2 fully saturated rings. The van der Waals surface area contributed by atoms with Crippen LogP contribution in [0.4, 0.5) is 17.6 Å². The van der Waals surface area contributed by atoms with Crippen LogP contribution in [-0.2, 0) is 14.2 Å². The summed E-state index contributed by atoms with van der Waals surface area (Å²) in [5, 5.41) is 0. The van der Waals surface area contributed by atoms with E-state index in [1.165, 1.54) is 48.5 Å². The van der Waals surface area contributed by atoms with Crippen LogP contribution in [0.15, 0.2) is 61.2 Å². The van der Waals surface area contributed by atoms with E-state index >= 15 is 0 Å². The van der Waals surface area contributed by atoms with E-state index in [0.29, 0.717) is 30.9 Å². The molecule has 0 aliphatic carbocycles. The zero-order valence-corrected chi connectivity index (χ0v) is 17.5. The van der Waals surface area contributed by atoms with Crippen LogP contribution in [0.5, 0.6) is 0 Å². The SMILES string of the molecule is C=CC1COC(c2ccc(-c3ccc(-c4ccc(C5CO5)c(F)c4F)cc3)c(F)c2F)OC1. The summed E-state index contributed by atoms with van der Waals surface area (Å²) in [4.78, 5) is 0. The Kier molecular flexibility index (Phi) is 5.78. The Labute approximate surface area is 188 Å². The van der Waals surface area contributed by atoms with Crippen molar-refractivity contribution in [2.45, 2.75) is 12.4 Å². The van der Waals surface area contributed by atoms with E-state index in [1.54, 1.807) is 6.08 Å². The second-order valence-electron chi connectivity index (χ2n) is 8.05. The minimum Gasteiger partial charge on any atom is -0.368 e. The second-order valence-corrected chi connectivity index (χ2v) is 8.05. The molecule has 0 N–H and O–H groups in total. The van der Waals surface area contributed by atoms with Crippen molar-refractivity contribution in [1.29, 1.82) is 0 Å². The van der Waals surface area contributed by atoms with Crippen molar-refractivity contribution in [2.24, 2.45) is 5.92 Å². The minimum atomic E-state index is -1.05. The molecular formula is C26H20F4O3. The number of benzene rings is 3. The highest BCUT2D eigenvalue weighted by Crippen LogP contribution is 2.37. The zero-order chi connectivity index (χ0) is 23.1. The Morgan fingerprint density at radius 1 is 0.636 bits per heavy atom. The molecule has 2 aliphatic heterocycles. The van der Waals surface area contributed by atoms with Gasteiger partial charge in [0.15, 0.2) is 29.6 Å². The molecule has 0 radical (unpaired) electrons. The normalized spacial score (nSPS) is 22.2. The van der Waals surface area contributed by atoms with Crippen molar-refractivity contribution in [3.63, 3.8) is 0 Å². The molecule has 33 heavy (non-hydrogen) atoms. The van der Waals surface area contributed by atoms with Crippen molar-refractivity contribution in [3.05, 3.63) is 95.6 Å². The van der Waals surface area contributed by atoms with Crippen molar-refractivity contribution in [2.75, 3.05) is 19.8 Å². The lowest BCUT2D eigenvalue weighted by Crippen LogP contribution is -2.26. The molecule has 1 unspecified atom stereocenters. The molecule has 0 bridgehead atoms. The molecule has 2 heterocycles. The first-order chi connectivity index (χ1) is 16.0. The highest BCUT2D eigenvalue weighted by molar-refractivity contribution is 5.71. The summed E-state index contributed by atoms with van der Waals surface area (Å²) in [5.41, 5.74) is 1.09. The van der Waals surface area contributed by atoms with Gasteiger partial charge in [0.1, 0.15) is 6.10 Å². The second kappa shape index (κ2) is 8.74. The monoisotopic (exact) mass is 456 g/mol. The van der Waals surface area contributed by atoms with Gasteiger partial charge in [0, 0.05) is 28.2 Å². The number of ether oxygens (including phenoxy) is 3. The lowest BCUT2D eigenvalue weighted by molar-refractivity contribution is -0.198. The van der Waals surface area contributed by atoms with E-state index in [0.717, 1.165) is 0 Å². The maximum Gasteiger partial charge on any atom is 0.186 e. The van der Waals surface area contributed by atoms with Gasteiger partial charge in [0.25, 0.3) is 0 Å². The van der Waals surface area contributed by atoms with E-state index in [-0.39, 0.29) is 28.2 Å². The van der Waals surface area contributed by atoms with Gasteiger partial charge in [-0.25, -0.2) is 17.6 Å². The Morgan fingerprint density at radius 3 is 1.61 bits per heavy atom. The number of hydrogen-bond acceptors (Lipinski definition) is 3. The third-order valence-corrected chi connectivity index (χ3v) is 5.92. The van der Waals surface area contributed by atoms with Gasteiger partial charge < -0.3 is 14.2 Å². The van der Waals surface area contributed by atoms with Crippen LogP contribution in [0.3, 0.4) is 0 Å². The van der Waals surface area contributed by atoms with Gasteiger partial charge >= 0.3 is 0 Å². The molecule has 2 saturated heterocycles. The topological polar surface area (TPSA) is 31.0 Å². The molecule has 3 aromatic rings. The van der Waals surface area contributed by atoms with Gasteiger partial charge in [0.05, 0.1) is 19.8 Å². The van der Waals surface area contributed by atoms with Gasteiger partial charge in [-0.2, -0.15) is 0 Å². The van der Waals surface area contributed by atoms with Gasteiger partial charge in [-0.1, -0.05) is 54.6 Å². The van der Waals surface area contributed by atoms with E-state index < -0.39 is 35.7 Å². The Hall–Kier alpha value is -3.00. The summed E-state index contributed by atoms with van der Waals surface area (Å²) < 4.78 is 74.6. The van der Waals surface area contributed by atoms with E-state index in [9.17, 15) is 17.6 Å². The summed E-state index contributed by atoms with van der Waals surface area (Å²) in [6.45, 7) is 4.66. The van der Waals surface area contributed by atoms with Gasteiger partial charge in [-0.3, -0.25) is 0 Å². The highest BCUT2D eigenvalue weighted by atomic mass is 19.2. The lowest BCUT2D eigenvalue weighted by atomic mass is 9.97. The first-order valence-corrected chi connectivity index (χ1v) is 10.5. The average molecular weight is 456 g/mol. The summed E-state index contributed by atoms with van der Waals surface area (Å²) in [5.74, 6) is -3.99. The molecule has 0 aromatic heterocycles. The molecule has 0 spiro atoms. The summed E-state index contributed by atoms with van der Waals surface area (Å²) >= 11 is 0. The average Bonchev–Trinajstić information content (AvgIpc) is 3.68. The van der Waals surface area contributed by atoms with Crippen LogP contribution in [0.25, 0.3) is 22.3 Å². The minimum absolute atomic E-state index is 0.00324. The zero-order valence-electron chi connectivity index (χ0n) is 17.5. The van der Waals surface area contributed by atoms with Crippen molar-refractivity contribution in [3.8, 4) is 22.3 Å². The molecule has 3 aromatic carbocycles. The van der Waals surface area contributed by atoms with E-state index in [4.69, 9.17) is 14.2 Å². The van der Waals surface area contributed by atoms with Crippen LogP contribution < -0.4 is 0 Å². The van der Waals surface area contributed by atoms with Crippen LogP contribution in [0.1, 0.15) is 23.5 Å². The van der Waals surface area contributed by atoms with Crippen LogP contribution >= 0.6 is 0 Å². The standard InChI is InChI=1S/C26H20F4O3/c1-2-14-11-32-26(33-12-14)20-10-8-18(23(28)25(20)30)16-5-3-15(4-6-16)17-7-9-19(21-13-31-21)24(29)22(17)27/h2-10,14,21,26H,1,11-13H2. The number of epoxide rings is 1. The molecule has 5 rings (SSSR count). The lowest BCUT2D eigenvalue weighted by Gasteiger charge is -2.28. The van der Waals surface area contributed by atoms with Gasteiger partial charge in [0.2, 0.25) is 0 Å². The quantitative estimate of drug-likeness (QED) is 0.250. The molecular weight excluding hydrogens is 436 g/mol. The predicted molar refractivity (Wildman–Crippen MR) is 114 cm³/mol. The molecule has 7 heteroatoms. The Morgan fingerprint density at radius 2 is 1.12 bits per heavy atom. The number of hydrogen-bond donors (Lipinski definition) is 0. The number of halogens is 4. The molecule has 2 aliphatic rings. The van der Waals surface area contributed by atoms with Crippen LogP contribution in [-0.4, -0.2) is 19.8 Å². The Bertz CT molecular complexity index is 1200. The van der Waals surface area contributed by atoms with Gasteiger partial charge in [-0.15, -0.1) is 6.58 Å². The molecule has 1 atom stereocenters. The maximum absolute atomic E-state index is 14.9. The fourth-order valence-corrected chi connectivity index (χ4v) is 3.90. The van der Waals surface area contributed by atoms with Crippen molar-refractivity contribution < 1.29 is 31.8 Å². The fraction of sp³-hybridized carbons (Fsp3) is 0.231.